The van der Waals surface area contributed by atoms with Crippen molar-refractivity contribution in [2.75, 3.05) is 0 Å². The van der Waals surface area contributed by atoms with Crippen LogP contribution in [0.1, 0.15) is 11.1 Å². The standard InChI is InChI=1S/C15H13ClN4/c1-11-8-12(9-19-14(11)16)10-20-7-6-18-15(20)13-4-2-3-5-17-13/h2-9H,10H2,1H3. The van der Waals surface area contributed by atoms with Gasteiger partial charge in [-0.1, -0.05) is 17.7 Å². The molecule has 100 valence electrons. The van der Waals surface area contributed by atoms with Gasteiger partial charge in [0, 0.05) is 24.8 Å². The third-order valence-electron chi connectivity index (χ3n) is 3.03. The fourth-order valence-corrected chi connectivity index (χ4v) is 2.17. The zero-order chi connectivity index (χ0) is 13.9. The Bertz CT molecular complexity index is 722. The lowest BCUT2D eigenvalue weighted by Crippen LogP contribution is -2.03. The van der Waals surface area contributed by atoms with Crippen LogP contribution in [-0.4, -0.2) is 19.5 Å². The summed E-state index contributed by atoms with van der Waals surface area (Å²) >= 11 is 5.95. The zero-order valence-electron chi connectivity index (χ0n) is 11.0. The van der Waals surface area contributed by atoms with Crippen molar-refractivity contribution in [1.82, 2.24) is 19.5 Å². The van der Waals surface area contributed by atoms with E-state index in [1.807, 2.05) is 42.0 Å². The second-order valence-electron chi connectivity index (χ2n) is 4.55. The first-order valence-corrected chi connectivity index (χ1v) is 6.65. The molecule has 0 spiro atoms. The summed E-state index contributed by atoms with van der Waals surface area (Å²) in [5.74, 6) is 0.846. The minimum Gasteiger partial charge on any atom is -0.325 e. The van der Waals surface area contributed by atoms with Gasteiger partial charge in [0.2, 0.25) is 0 Å². The summed E-state index contributed by atoms with van der Waals surface area (Å²) < 4.78 is 2.05. The number of hydrogen-bond acceptors (Lipinski definition) is 3. The Balaban J connectivity index is 1.92. The number of imidazole rings is 1. The van der Waals surface area contributed by atoms with Crippen LogP contribution in [-0.2, 0) is 6.54 Å². The van der Waals surface area contributed by atoms with Crippen LogP contribution in [0.4, 0.5) is 0 Å². The zero-order valence-corrected chi connectivity index (χ0v) is 11.7. The second-order valence-corrected chi connectivity index (χ2v) is 4.90. The highest BCUT2D eigenvalue weighted by molar-refractivity contribution is 6.30. The highest BCUT2D eigenvalue weighted by Gasteiger charge is 2.08. The van der Waals surface area contributed by atoms with Crippen LogP contribution in [0.5, 0.6) is 0 Å². The van der Waals surface area contributed by atoms with Crippen molar-refractivity contribution in [2.24, 2.45) is 0 Å². The first kappa shape index (κ1) is 12.8. The summed E-state index contributed by atoms with van der Waals surface area (Å²) in [6, 6.07) is 7.83. The number of halogens is 1. The summed E-state index contributed by atoms with van der Waals surface area (Å²) in [5, 5.41) is 0.546. The van der Waals surface area contributed by atoms with E-state index in [1.54, 1.807) is 18.6 Å². The number of aryl methyl sites for hydroxylation is 1. The largest absolute Gasteiger partial charge is 0.325 e. The third-order valence-corrected chi connectivity index (χ3v) is 3.43. The molecule has 0 amide bonds. The van der Waals surface area contributed by atoms with E-state index in [2.05, 4.69) is 15.0 Å². The molecule has 5 heteroatoms. The van der Waals surface area contributed by atoms with E-state index < -0.39 is 0 Å². The highest BCUT2D eigenvalue weighted by atomic mass is 35.5. The van der Waals surface area contributed by atoms with Gasteiger partial charge in [-0.25, -0.2) is 9.97 Å². The molecule has 0 saturated carbocycles. The number of rotatable bonds is 3. The quantitative estimate of drug-likeness (QED) is 0.693. The van der Waals surface area contributed by atoms with E-state index >= 15 is 0 Å². The minimum atomic E-state index is 0.546. The van der Waals surface area contributed by atoms with Gasteiger partial charge in [-0.15, -0.1) is 0 Å². The molecule has 0 saturated heterocycles. The van der Waals surface area contributed by atoms with Crippen LogP contribution >= 0.6 is 11.6 Å². The van der Waals surface area contributed by atoms with Crippen molar-refractivity contribution in [1.29, 1.82) is 0 Å². The minimum absolute atomic E-state index is 0.546. The molecule has 3 rings (SSSR count). The van der Waals surface area contributed by atoms with E-state index in [4.69, 9.17) is 11.6 Å². The maximum absolute atomic E-state index is 5.95. The van der Waals surface area contributed by atoms with Gasteiger partial charge in [0.25, 0.3) is 0 Å². The molecule has 0 radical (unpaired) electrons. The highest BCUT2D eigenvalue weighted by Crippen LogP contribution is 2.18. The van der Waals surface area contributed by atoms with E-state index in [0.717, 1.165) is 22.6 Å². The summed E-state index contributed by atoms with van der Waals surface area (Å²) in [7, 11) is 0. The summed E-state index contributed by atoms with van der Waals surface area (Å²) in [6.07, 6.45) is 7.27. The molecule has 0 unspecified atom stereocenters. The lowest BCUT2D eigenvalue weighted by molar-refractivity contribution is 0.798. The average Bonchev–Trinajstić information content (AvgIpc) is 2.92. The van der Waals surface area contributed by atoms with Gasteiger partial charge in [-0.05, 0) is 36.2 Å². The smallest absolute Gasteiger partial charge is 0.158 e. The predicted octanol–water partition coefficient (Wildman–Crippen LogP) is 3.35. The van der Waals surface area contributed by atoms with Crippen molar-refractivity contribution in [3.63, 3.8) is 0 Å². The first-order valence-electron chi connectivity index (χ1n) is 6.27. The van der Waals surface area contributed by atoms with E-state index in [1.165, 1.54) is 0 Å². The fraction of sp³-hybridized carbons (Fsp3) is 0.133. The Morgan fingerprint density at radius 2 is 2.05 bits per heavy atom. The topological polar surface area (TPSA) is 43.6 Å². The van der Waals surface area contributed by atoms with Crippen LogP contribution in [0.3, 0.4) is 0 Å². The van der Waals surface area contributed by atoms with E-state index in [-0.39, 0.29) is 0 Å². The Kier molecular flexibility index (Phi) is 3.48. The lowest BCUT2D eigenvalue weighted by Gasteiger charge is -2.08. The van der Waals surface area contributed by atoms with E-state index in [0.29, 0.717) is 11.7 Å². The van der Waals surface area contributed by atoms with Crippen molar-refractivity contribution < 1.29 is 0 Å². The van der Waals surface area contributed by atoms with Crippen molar-refractivity contribution in [3.8, 4) is 11.5 Å². The maximum Gasteiger partial charge on any atom is 0.158 e. The first-order chi connectivity index (χ1) is 9.74. The molecule has 4 nitrogen and oxygen atoms in total. The van der Waals surface area contributed by atoms with Gasteiger partial charge in [0.15, 0.2) is 5.82 Å². The molecular weight excluding hydrogens is 272 g/mol. The predicted molar refractivity (Wildman–Crippen MR) is 78.5 cm³/mol. The van der Waals surface area contributed by atoms with Crippen molar-refractivity contribution in [3.05, 3.63) is 65.3 Å². The van der Waals surface area contributed by atoms with Gasteiger partial charge in [-0.2, -0.15) is 0 Å². The summed E-state index contributed by atoms with van der Waals surface area (Å²) in [5.41, 5.74) is 2.92. The molecule has 0 aliphatic rings. The SMILES string of the molecule is Cc1cc(Cn2ccnc2-c2ccccn2)cnc1Cl. The van der Waals surface area contributed by atoms with Gasteiger partial charge in [0.1, 0.15) is 10.8 Å². The van der Waals surface area contributed by atoms with Gasteiger partial charge < -0.3 is 4.57 Å². The Labute approximate surface area is 122 Å². The molecule has 0 fully saturated rings. The molecule has 3 aromatic heterocycles. The number of nitrogens with zero attached hydrogens (tertiary/aromatic N) is 4. The Hall–Kier alpha value is -2.20. The fourth-order valence-electron chi connectivity index (χ4n) is 2.06. The van der Waals surface area contributed by atoms with Crippen molar-refractivity contribution >= 4 is 11.6 Å². The monoisotopic (exact) mass is 284 g/mol. The number of aromatic nitrogens is 4. The molecule has 0 aliphatic carbocycles. The summed E-state index contributed by atoms with van der Waals surface area (Å²) in [4.78, 5) is 12.9. The molecule has 0 atom stereocenters. The van der Waals surface area contributed by atoms with Gasteiger partial charge in [0.05, 0.1) is 6.54 Å². The van der Waals surface area contributed by atoms with Crippen LogP contribution in [0.15, 0.2) is 49.1 Å². The molecule has 3 aromatic rings. The Morgan fingerprint density at radius 1 is 1.15 bits per heavy atom. The lowest BCUT2D eigenvalue weighted by atomic mass is 10.2. The van der Waals surface area contributed by atoms with Crippen LogP contribution in [0.25, 0.3) is 11.5 Å². The third kappa shape index (κ3) is 2.56. The molecule has 0 bridgehead atoms. The van der Waals surface area contributed by atoms with Crippen LogP contribution in [0.2, 0.25) is 5.15 Å². The molecule has 3 heterocycles. The molecule has 0 N–H and O–H groups in total. The van der Waals surface area contributed by atoms with Gasteiger partial charge >= 0.3 is 0 Å². The number of pyridine rings is 2. The molecule has 0 aromatic carbocycles. The maximum atomic E-state index is 5.95. The van der Waals surface area contributed by atoms with Crippen molar-refractivity contribution in [2.45, 2.75) is 13.5 Å². The van der Waals surface area contributed by atoms with Gasteiger partial charge in [-0.3, -0.25) is 4.98 Å². The van der Waals surface area contributed by atoms with E-state index in [9.17, 15) is 0 Å². The molecule has 20 heavy (non-hydrogen) atoms. The summed E-state index contributed by atoms with van der Waals surface area (Å²) in [6.45, 7) is 2.64. The normalized spacial score (nSPS) is 10.7. The van der Waals surface area contributed by atoms with Crippen LogP contribution < -0.4 is 0 Å². The average molecular weight is 285 g/mol. The number of hydrogen-bond donors (Lipinski definition) is 0. The molecule has 0 aliphatic heterocycles. The second kappa shape index (κ2) is 5.43. The molecular formula is C15H13ClN4. The Morgan fingerprint density at radius 3 is 2.80 bits per heavy atom. The van der Waals surface area contributed by atoms with Crippen LogP contribution in [0, 0.1) is 6.92 Å².